The standard InChI is InChI=1S/C26H39N3O/c30-25(27-17-26-14-18-11-19(15-26)13-20(12-18)16-26)24-22-9-5-2-6-10-23(22)29(28-24)21-7-3-1-4-8-21/h18-21H,1-17H2,(H,27,30). The third-order valence-electron chi connectivity index (χ3n) is 9.38. The van der Waals surface area contributed by atoms with Crippen molar-refractivity contribution in [2.24, 2.45) is 23.2 Å². The number of fused-ring (bicyclic) bond motifs is 1. The van der Waals surface area contributed by atoms with Crippen molar-refractivity contribution in [2.45, 2.75) is 109 Å². The summed E-state index contributed by atoms with van der Waals surface area (Å²) in [6.45, 7) is 0.889. The van der Waals surface area contributed by atoms with E-state index in [1.807, 2.05) is 0 Å². The molecule has 5 saturated carbocycles. The van der Waals surface area contributed by atoms with Gasteiger partial charge in [-0.1, -0.05) is 25.7 Å². The fraction of sp³-hybridized carbons (Fsp3) is 0.846. The second kappa shape index (κ2) is 7.67. The van der Waals surface area contributed by atoms with Crippen LogP contribution in [0.3, 0.4) is 0 Å². The van der Waals surface area contributed by atoms with Crippen LogP contribution in [0.4, 0.5) is 0 Å². The molecule has 6 aliphatic rings. The highest BCUT2D eigenvalue weighted by Gasteiger charge is 2.50. The van der Waals surface area contributed by atoms with Crippen molar-refractivity contribution in [2.75, 3.05) is 6.54 Å². The first kappa shape index (κ1) is 19.4. The molecule has 0 aromatic carbocycles. The van der Waals surface area contributed by atoms with Crippen molar-refractivity contribution in [3.8, 4) is 0 Å². The predicted molar refractivity (Wildman–Crippen MR) is 119 cm³/mol. The number of rotatable bonds is 4. The lowest BCUT2D eigenvalue weighted by molar-refractivity contribution is -0.0503. The van der Waals surface area contributed by atoms with E-state index in [0.29, 0.717) is 11.5 Å². The monoisotopic (exact) mass is 409 g/mol. The Balaban J connectivity index is 1.22. The molecule has 0 aliphatic heterocycles. The van der Waals surface area contributed by atoms with Crippen molar-refractivity contribution < 1.29 is 4.79 Å². The van der Waals surface area contributed by atoms with Gasteiger partial charge in [0.2, 0.25) is 0 Å². The van der Waals surface area contributed by atoms with Gasteiger partial charge < -0.3 is 5.32 Å². The zero-order valence-electron chi connectivity index (χ0n) is 18.6. The molecule has 1 N–H and O–H groups in total. The first-order valence-electron chi connectivity index (χ1n) is 13.1. The van der Waals surface area contributed by atoms with E-state index in [4.69, 9.17) is 5.10 Å². The maximum absolute atomic E-state index is 13.4. The van der Waals surface area contributed by atoms with Gasteiger partial charge in [0.25, 0.3) is 5.91 Å². The van der Waals surface area contributed by atoms with Crippen molar-refractivity contribution in [3.05, 3.63) is 17.0 Å². The van der Waals surface area contributed by atoms with Crippen LogP contribution in [-0.2, 0) is 12.8 Å². The van der Waals surface area contributed by atoms with Crippen LogP contribution in [0.1, 0.15) is 118 Å². The van der Waals surface area contributed by atoms with Gasteiger partial charge in [-0.05, 0) is 100 Å². The van der Waals surface area contributed by atoms with Gasteiger partial charge in [-0.2, -0.15) is 5.10 Å². The number of nitrogens with zero attached hydrogens (tertiary/aromatic N) is 2. The minimum Gasteiger partial charge on any atom is -0.350 e. The van der Waals surface area contributed by atoms with Gasteiger partial charge in [0.05, 0.1) is 6.04 Å². The first-order valence-corrected chi connectivity index (χ1v) is 13.1. The van der Waals surface area contributed by atoms with E-state index in [9.17, 15) is 4.79 Å². The van der Waals surface area contributed by atoms with Crippen LogP contribution >= 0.6 is 0 Å². The number of hydrogen-bond donors (Lipinski definition) is 1. The molecule has 1 aromatic heterocycles. The summed E-state index contributed by atoms with van der Waals surface area (Å²) >= 11 is 0. The quantitative estimate of drug-likeness (QED) is 0.658. The molecule has 7 rings (SSSR count). The van der Waals surface area contributed by atoms with Gasteiger partial charge in [0, 0.05) is 17.8 Å². The minimum absolute atomic E-state index is 0.124. The molecule has 0 saturated heterocycles. The highest BCUT2D eigenvalue weighted by Crippen LogP contribution is 2.59. The van der Waals surface area contributed by atoms with E-state index in [2.05, 4.69) is 10.00 Å². The summed E-state index contributed by atoms with van der Waals surface area (Å²) < 4.78 is 2.32. The average molecular weight is 410 g/mol. The summed E-state index contributed by atoms with van der Waals surface area (Å²) in [5.74, 6) is 2.94. The van der Waals surface area contributed by atoms with E-state index in [0.717, 1.165) is 42.8 Å². The molecule has 0 radical (unpaired) electrons. The van der Waals surface area contributed by atoms with E-state index in [1.54, 1.807) is 0 Å². The van der Waals surface area contributed by atoms with E-state index < -0.39 is 0 Å². The van der Waals surface area contributed by atoms with Crippen molar-refractivity contribution >= 4 is 5.91 Å². The maximum Gasteiger partial charge on any atom is 0.272 e. The molecule has 1 heterocycles. The number of nitrogens with one attached hydrogen (secondary N) is 1. The molecule has 6 aliphatic carbocycles. The number of aromatic nitrogens is 2. The summed E-state index contributed by atoms with van der Waals surface area (Å²) in [6.07, 6.45) is 20.8. The lowest BCUT2D eigenvalue weighted by Crippen LogP contribution is -2.51. The molecular formula is C26H39N3O. The molecular weight excluding hydrogens is 370 g/mol. The van der Waals surface area contributed by atoms with Gasteiger partial charge in [-0.25, -0.2) is 0 Å². The van der Waals surface area contributed by atoms with Crippen LogP contribution in [-0.4, -0.2) is 22.2 Å². The fourth-order valence-electron chi connectivity index (χ4n) is 8.47. The largest absolute Gasteiger partial charge is 0.350 e. The molecule has 0 spiro atoms. The third kappa shape index (κ3) is 3.42. The Kier molecular flexibility index (Phi) is 4.95. The lowest BCUT2D eigenvalue weighted by atomic mass is 9.49. The third-order valence-corrected chi connectivity index (χ3v) is 9.38. The topological polar surface area (TPSA) is 46.9 Å². The number of hydrogen-bond acceptors (Lipinski definition) is 2. The van der Waals surface area contributed by atoms with E-state index >= 15 is 0 Å². The molecule has 0 atom stereocenters. The molecule has 5 fully saturated rings. The van der Waals surface area contributed by atoms with Crippen molar-refractivity contribution in [1.29, 1.82) is 0 Å². The molecule has 1 amide bonds. The number of carbonyl (C=O) groups is 1. The summed E-state index contributed by atoms with van der Waals surface area (Å²) in [7, 11) is 0. The second-order valence-corrected chi connectivity index (χ2v) is 11.7. The highest BCUT2D eigenvalue weighted by atomic mass is 16.2. The average Bonchev–Trinajstić information content (AvgIpc) is 2.93. The Morgan fingerprint density at radius 1 is 0.900 bits per heavy atom. The Morgan fingerprint density at radius 3 is 2.23 bits per heavy atom. The Morgan fingerprint density at radius 2 is 1.53 bits per heavy atom. The fourth-order valence-corrected chi connectivity index (χ4v) is 8.47. The van der Waals surface area contributed by atoms with Crippen LogP contribution in [0.2, 0.25) is 0 Å². The van der Waals surface area contributed by atoms with Crippen LogP contribution in [0.5, 0.6) is 0 Å². The maximum atomic E-state index is 13.4. The van der Waals surface area contributed by atoms with Crippen LogP contribution in [0, 0.1) is 23.2 Å². The second-order valence-electron chi connectivity index (χ2n) is 11.7. The van der Waals surface area contributed by atoms with Gasteiger partial charge >= 0.3 is 0 Å². The Labute approximate surface area is 181 Å². The number of carbonyl (C=O) groups excluding carboxylic acids is 1. The summed E-state index contributed by atoms with van der Waals surface area (Å²) in [5.41, 5.74) is 3.87. The lowest BCUT2D eigenvalue weighted by Gasteiger charge is -2.56. The molecule has 164 valence electrons. The van der Waals surface area contributed by atoms with Crippen molar-refractivity contribution in [1.82, 2.24) is 15.1 Å². The Bertz CT molecular complexity index is 768. The predicted octanol–water partition coefficient (Wildman–Crippen LogP) is 5.60. The van der Waals surface area contributed by atoms with Crippen LogP contribution < -0.4 is 5.32 Å². The molecule has 30 heavy (non-hydrogen) atoms. The molecule has 4 bridgehead atoms. The Hall–Kier alpha value is -1.32. The van der Waals surface area contributed by atoms with Crippen molar-refractivity contribution in [3.63, 3.8) is 0 Å². The van der Waals surface area contributed by atoms with Gasteiger partial charge in [-0.3, -0.25) is 9.48 Å². The summed E-state index contributed by atoms with van der Waals surface area (Å²) in [5, 5.41) is 8.45. The van der Waals surface area contributed by atoms with E-state index in [1.165, 1.54) is 101 Å². The normalized spacial score (nSPS) is 35.8. The SMILES string of the molecule is O=C(NCC12CC3CC(CC(C3)C1)C2)c1nn(C2CCCCC2)c2c1CCCCC2. The van der Waals surface area contributed by atoms with E-state index in [-0.39, 0.29) is 5.91 Å². The minimum atomic E-state index is 0.124. The highest BCUT2D eigenvalue weighted by molar-refractivity contribution is 5.94. The van der Waals surface area contributed by atoms with Crippen LogP contribution in [0.25, 0.3) is 0 Å². The van der Waals surface area contributed by atoms with Crippen LogP contribution in [0.15, 0.2) is 0 Å². The zero-order valence-corrected chi connectivity index (χ0v) is 18.6. The first-order chi connectivity index (χ1) is 14.7. The number of amides is 1. The zero-order chi connectivity index (χ0) is 20.1. The van der Waals surface area contributed by atoms with Gasteiger partial charge in [-0.15, -0.1) is 0 Å². The van der Waals surface area contributed by atoms with Gasteiger partial charge in [0.1, 0.15) is 0 Å². The van der Waals surface area contributed by atoms with Gasteiger partial charge in [0.15, 0.2) is 5.69 Å². The molecule has 1 aromatic rings. The molecule has 4 heteroatoms. The summed E-state index contributed by atoms with van der Waals surface area (Å²) in [4.78, 5) is 13.4. The smallest absolute Gasteiger partial charge is 0.272 e. The molecule has 4 nitrogen and oxygen atoms in total. The molecule has 0 unspecified atom stereocenters. The summed E-state index contributed by atoms with van der Waals surface area (Å²) in [6, 6.07) is 0.523.